The highest BCUT2D eigenvalue weighted by Gasteiger charge is 2.37. The van der Waals surface area contributed by atoms with Crippen LogP contribution < -0.4 is 10.9 Å². The predicted octanol–water partition coefficient (Wildman–Crippen LogP) is 7.26. The number of ether oxygens (including phenoxy) is 1. The average molecular weight is 656 g/mol. The van der Waals surface area contributed by atoms with E-state index < -0.39 is 63.7 Å². The zero-order valence-electron chi connectivity index (χ0n) is 26.5. The van der Waals surface area contributed by atoms with Crippen molar-refractivity contribution in [2.45, 2.75) is 64.9 Å². The number of rotatable bonds is 7. The lowest BCUT2D eigenvalue weighted by Gasteiger charge is -2.20. The van der Waals surface area contributed by atoms with Gasteiger partial charge >= 0.3 is 12.3 Å². The number of halogens is 5. The minimum Gasteiger partial charge on any atom is -0.442 e. The van der Waals surface area contributed by atoms with Crippen LogP contribution in [0.5, 0.6) is 0 Å². The monoisotopic (exact) mass is 655 g/mol. The Hall–Kier alpha value is -4.81. The Balaban J connectivity index is 1.63. The third kappa shape index (κ3) is 7.95. The van der Waals surface area contributed by atoms with Crippen LogP contribution >= 0.6 is 0 Å². The Morgan fingerprint density at radius 3 is 2.40 bits per heavy atom. The second-order valence-corrected chi connectivity index (χ2v) is 12.7. The standard InChI is InChI=1S/C34H34F5N5O3/c1-19-10-11-40-27(14-19)29(21-6-7-21)41-30(45)25-16-20(18-44-13-12-43(5)31(44)42-32(46)47-33(2,3)4)15-24(28(25)36)23-9-8-22(35)17-26(23)34(37,38)39/h8-17,21,29H,6-7,18H2,1-5H3,(H,41,45)/b42-31-/t29-/m0/s1. The zero-order valence-corrected chi connectivity index (χ0v) is 26.5. The van der Waals surface area contributed by atoms with Crippen LogP contribution in [-0.4, -0.2) is 31.7 Å². The summed E-state index contributed by atoms with van der Waals surface area (Å²) in [5, 5.41) is 2.85. The summed E-state index contributed by atoms with van der Waals surface area (Å²) in [4.78, 5) is 34.7. The van der Waals surface area contributed by atoms with E-state index in [9.17, 15) is 27.2 Å². The molecule has 2 amide bonds. The molecule has 0 unspecified atom stereocenters. The van der Waals surface area contributed by atoms with Crippen LogP contribution in [0.1, 0.15) is 72.4 Å². The normalized spacial score (nSPS) is 14.6. The van der Waals surface area contributed by atoms with Crippen molar-refractivity contribution in [3.8, 4) is 11.1 Å². The van der Waals surface area contributed by atoms with E-state index in [0.29, 0.717) is 5.69 Å². The molecule has 0 spiro atoms. The number of nitrogens with one attached hydrogen (secondary N) is 1. The fraction of sp³-hybridized carbons (Fsp3) is 0.353. The summed E-state index contributed by atoms with van der Waals surface area (Å²) >= 11 is 0. The number of carbonyl (C=O) groups is 2. The van der Waals surface area contributed by atoms with Crippen molar-refractivity contribution in [1.29, 1.82) is 0 Å². The minimum atomic E-state index is -5.02. The minimum absolute atomic E-state index is 0.0600. The maximum absolute atomic E-state index is 16.3. The molecule has 0 aliphatic heterocycles. The van der Waals surface area contributed by atoms with Gasteiger partial charge in [0.2, 0.25) is 5.62 Å². The summed E-state index contributed by atoms with van der Waals surface area (Å²) in [6.45, 7) is 6.79. The quantitative estimate of drug-likeness (QED) is 0.212. The molecule has 1 N–H and O–H groups in total. The summed E-state index contributed by atoms with van der Waals surface area (Å²) in [5.41, 5.74) is -2.05. The predicted molar refractivity (Wildman–Crippen MR) is 163 cm³/mol. The van der Waals surface area contributed by atoms with Gasteiger partial charge in [-0.05, 0) is 99.5 Å². The molecule has 8 nitrogen and oxygen atoms in total. The summed E-state index contributed by atoms with van der Waals surface area (Å²) < 4.78 is 80.9. The molecule has 2 aromatic heterocycles. The van der Waals surface area contributed by atoms with Gasteiger partial charge in [0, 0.05) is 31.2 Å². The molecule has 0 saturated heterocycles. The Morgan fingerprint density at radius 2 is 1.77 bits per heavy atom. The second kappa shape index (κ2) is 12.8. The second-order valence-electron chi connectivity index (χ2n) is 12.7. The third-order valence-electron chi connectivity index (χ3n) is 7.57. The molecule has 1 aliphatic carbocycles. The number of benzene rings is 2. The van der Waals surface area contributed by atoms with Gasteiger partial charge in [-0.1, -0.05) is 6.07 Å². The van der Waals surface area contributed by atoms with Gasteiger partial charge in [0.15, 0.2) is 0 Å². The van der Waals surface area contributed by atoms with Crippen LogP contribution in [0.25, 0.3) is 11.1 Å². The van der Waals surface area contributed by atoms with Crippen molar-refractivity contribution in [1.82, 2.24) is 19.4 Å². The summed E-state index contributed by atoms with van der Waals surface area (Å²) in [6.07, 6.45) is 0.501. The Kier molecular flexibility index (Phi) is 9.11. The summed E-state index contributed by atoms with van der Waals surface area (Å²) in [7, 11) is 1.63. The van der Waals surface area contributed by atoms with Gasteiger partial charge in [0.25, 0.3) is 5.91 Å². The van der Waals surface area contributed by atoms with Crippen molar-refractivity contribution in [3.05, 3.63) is 106 Å². The number of imidazole rings is 1. The first-order chi connectivity index (χ1) is 22.0. The molecule has 1 fully saturated rings. The Morgan fingerprint density at radius 1 is 1.04 bits per heavy atom. The van der Waals surface area contributed by atoms with Crippen LogP contribution in [0.15, 0.2) is 66.0 Å². The first-order valence-electron chi connectivity index (χ1n) is 14.9. The van der Waals surface area contributed by atoms with Gasteiger partial charge in [-0.25, -0.2) is 13.6 Å². The lowest BCUT2D eigenvalue weighted by Crippen LogP contribution is -2.31. The molecule has 1 saturated carbocycles. The first-order valence-corrected chi connectivity index (χ1v) is 14.9. The molecule has 1 aliphatic rings. The van der Waals surface area contributed by atoms with Crippen LogP contribution in [0.3, 0.4) is 0 Å². The lowest BCUT2D eigenvalue weighted by molar-refractivity contribution is -0.137. The van der Waals surface area contributed by atoms with Crippen molar-refractivity contribution in [2.24, 2.45) is 18.0 Å². The molecule has 0 radical (unpaired) electrons. The number of aryl methyl sites for hydroxylation is 2. The third-order valence-corrected chi connectivity index (χ3v) is 7.57. The summed E-state index contributed by atoms with van der Waals surface area (Å²) in [6, 6.07) is 7.41. The van der Waals surface area contributed by atoms with E-state index in [4.69, 9.17) is 4.74 Å². The molecule has 2 aromatic carbocycles. The smallest absolute Gasteiger partial charge is 0.437 e. The molecule has 5 rings (SSSR count). The number of carbonyl (C=O) groups excluding carboxylic acids is 2. The van der Waals surface area contributed by atoms with Crippen molar-refractivity contribution >= 4 is 12.0 Å². The number of hydrogen-bond donors (Lipinski definition) is 1. The van der Waals surface area contributed by atoms with Gasteiger partial charge < -0.3 is 19.2 Å². The average Bonchev–Trinajstić information content (AvgIpc) is 3.76. The van der Waals surface area contributed by atoms with Crippen molar-refractivity contribution in [3.63, 3.8) is 0 Å². The Bertz CT molecular complexity index is 1900. The van der Waals surface area contributed by atoms with Crippen LogP contribution in [0.4, 0.5) is 26.7 Å². The number of hydrogen-bond acceptors (Lipinski definition) is 4. The van der Waals surface area contributed by atoms with Gasteiger partial charge in [-0.15, -0.1) is 4.99 Å². The van der Waals surface area contributed by atoms with Crippen LogP contribution in [-0.2, 0) is 24.5 Å². The van der Waals surface area contributed by atoms with Crippen LogP contribution in [0.2, 0.25) is 0 Å². The molecule has 47 heavy (non-hydrogen) atoms. The number of nitrogens with zero attached hydrogens (tertiary/aromatic N) is 4. The van der Waals surface area contributed by atoms with E-state index in [1.165, 1.54) is 21.3 Å². The molecular weight excluding hydrogens is 621 g/mol. The molecule has 2 heterocycles. The van der Waals surface area contributed by atoms with E-state index >= 15 is 4.39 Å². The molecule has 13 heteroatoms. The highest BCUT2D eigenvalue weighted by atomic mass is 19.4. The van der Waals surface area contributed by atoms with E-state index in [1.807, 2.05) is 13.0 Å². The maximum atomic E-state index is 16.3. The van der Waals surface area contributed by atoms with Crippen molar-refractivity contribution < 1.29 is 36.3 Å². The topological polar surface area (TPSA) is 90.5 Å². The van der Waals surface area contributed by atoms with E-state index in [0.717, 1.165) is 30.5 Å². The molecule has 4 aromatic rings. The zero-order chi connectivity index (χ0) is 34.3. The maximum Gasteiger partial charge on any atom is 0.437 e. The summed E-state index contributed by atoms with van der Waals surface area (Å²) in [5.74, 6) is -3.14. The van der Waals surface area contributed by atoms with Gasteiger partial charge in [0.1, 0.15) is 17.2 Å². The van der Waals surface area contributed by atoms with E-state index in [2.05, 4.69) is 15.3 Å². The molecular formula is C34H34F5N5O3. The molecule has 1 atom stereocenters. The molecule has 248 valence electrons. The van der Waals surface area contributed by atoms with Crippen molar-refractivity contribution in [2.75, 3.05) is 0 Å². The number of aromatic nitrogens is 3. The van der Waals surface area contributed by atoms with E-state index in [-0.39, 0.29) is 29.7 Å². The Labute approximate surface area is 267 Å². The van der Waals surface area contributed by atoms with Gasteiger partial charge in [0.05, 0.1) is 29.4 Å². The fourth-order valence-corrected chi connectivity index (χ4v) is 5.28. The first kappa shape index (κ1) is 33.6. The van der Waals surface area contributed by atoms with Crippen LogP contribution in [0, 0.1) is 24.5 Å². The molecule has 0 bridgehead atoms. The number of amides is 2. The van der Waals surface area contributed by atoms with Gasteiger partial charge in [-0.2, -0.15) is 13.2 Å². The number of pyridine rings is 1. The fourth-order valence-electron chi connectivity index (χ4n) is 5.28. The largest absolute Gasteiger partial charge is 0.442 e. The van der Waals surface area contributed by atoms with Gasteiger partial charge in [-0.3, -0.25) is 9.78 Å². The van der Waals surface area contributed by atoms with E-state index in [1.54, 1.807) is 52.5 Å². The number of alkyl halides is 3. The SMILES string of the molecule is Cc1ccnc([C@@H](NC(=O)c2cc(Cn3ccn(C)/c3=N/C(=O)OC(C)(C)C)cc(-c3ccc(F)cc3C(F)(F)F)c2F)C2CC2)c1. The lowest BCUT2D eigenvalue weighted by atomic mass is 9.94. The highest BCUT2D eigenvalue weighted by Crippen LogP contribution is 2.42. The highest BCUT2D eigenvalue weighted by molar-refractivity contribution is 5.96.